The third kappa shape index (κ3) is 4.54. The van der Waals surface area contributed by atoms with E-state index in [4.69, 9.17) is 39.5 Å². The largest absolute Gasteiger partial charge is 0.488 e. The summed E-state index contributed by atoms with van der Waals surface area (Å²) in [7, 11) is 0. The van der Waals surface area contributed by atoms with Gasteiger partial charge in [-0.3, -0.25) is 0 Å². The quantitative estimate of drug-likeness (QED) is 0.528. The molecular formula is C17H13Cl3N2OS. The van der Waals surface area contributed by atoms with Crippen LogP contribution < -0.4 is 10.1 Å². The van der Waals surface area contributed by atoms with Crippen molar-refractivity contribution in [2.45, 2.75) is 13.2 Å². The molecule has 0 bridgehead atoms. The van der Waals surface area contributed by atoms with E-state index in [1.165, 1.54) is 11.3 Å². The van der Waals surface area contributed by atoms with E-state index in [-0.39, 0.29) is 0 Å². The first-order valence-corrected chi connectivity index (χ1v) is 9.11. The first-order chi connectivity index (χ1) is 11.6. The van der Waals surface area contributed by atoms with Gasteiger partial charge in [0.2, 0.25) is 0 Å². The first kappa shape index (κ1) is 17.4. The van der Waals surface area contributed by atoms with Gasteiger partial charge in [0.05, 0.1) is 0 Å². The summed E-state index contributed by atoms with van der Waals surface area (Å²) in [6, 6.07) is 10.9. The summed E-state index contributed by atoms with van der Waals surface area (Å²) in [5.74, 6) is 0.745. The highest BCUT2D eigenvalue weighted by Gasteiger charge is 2.08. The van der Waals surface area contributed by atoms with Gasteiger partial charge >= 0.3 is 0 Å². The molecule has 1 heterocycles. The van der Waals surface area contributed by atoms with Crippen molar-refractivity contribution in [3.8, 4) is 5.75 Å². The Hall–Kier alpha value is -1.46. The van der Waals surface area contributed by atoms with E-state index in [9.17, 15) is 0 Å². The van der Waals surface area contributed by atoms with Crippen LogP contribution in [0.1, 0.15) is 11.1 Å². The van der Waals surface area contributed by atoms with Crippen LogP contribution in [-0.2, 0) is 13.2 Å². The molecule has 1 aromatic heterocycles. The van der Waals surface area contributed by atoms with E-state index in [1.54, 1.807) is 24.4 Å². The summed E-state index contributed by atoms with van der Waals surface area (Å²) in [6.45, 7) is 0.916. The minimum Gasteiger partial charge on any atom is -0.488 e. The summed E-state index contributed by atoms with van der Waals surface area (Å²) in [4.78, 5) is 4.20. The average Bonchev–Trinajstić information content (AvgIpc) is 3.07. The van der Waals surface area contributed by atoms with Gasteiger partial charge in [0.1, 0.15) is 12.4 Å². The number of nitrogens with zero attached hydrogens (tertiary/aromatic N) is 1. The molecule has 2 aromatic carbocycles. The number of halogens is 3. The van der Waals surface area contributed by atoms with E-state index in [0.29, 0.717) is 28.2 Å². The normalized spacial score (nSPS) is 10.6. The van der Waals surface area contributed by atoms with E-state index in [1.807, 2.05) is 23.6 Å². The molecule has 0 radical (unpaired) electrons. The molecule has 7 heteroatoms. The number of anilines is 1. The Morgan fingerprint density at radius 3 is 2.54 bits per heavy atom. The number of hydrogen-bond donors (Lipinski definition) is 1. The summed E-state index contributed by atoms with van der Waals surface area (Å²) in [5, 5.41) is 7.85. The lowest BCUT2D eigenvalue weighted by molar-refractivity contribution is 0.303. The third-order valence-electron chi connectivity index (χ3n) is 3.28. The fourth-order valence-electron chi connectivity index (χ4n) is 2.10. The van der Waals surface area contributed by atoms with Crippen molar-refractivity contribution >= 4 is 51.3 Å². The average molecular weight is 400 g/mol. The van der Waals surface area contributed by atoms with Crippen LogP contribution in [0.3, 0.4) is 0 Å². The highest BCUT2D eigenvalue weighted by molar-refractivity contribution is 7.13. The number of ether oxygens (including phenoxy) is 1. The molecule has 0 saturated heterocycles. The predicted octanol–water partition coefficient (Wildman–Crippen LogP) is 6.29. The third-order valence-corrected chi connectivity index (χ3v) is 4.84. The van der Waals surface area contributed by atoms with Crippen LogP contribution >= 0.6 is 46.1 Å². The van der Waals surface area contributed by atoms with Crippen LogP contribution in [0, 0.1) is 0 Å². The smallest absolute Gasteiger partial charge is 0.182 e. The molecule has 3 nitrogen and oxygen atoms in total. The van der Waals surface area contributed by atoms with Crippen molar-refractivity contribution in [1.82, 2.24) is 4.98 Å². The van der Waals surface area contributed by atoms with Crippen molar-refractivity contribution < 1.29 is 4.74 Å². The molecule has 0 aliphatic carbocycles. The van der Waals surface area contributed by atoms with Gasteiger partial charge in [-0.05, 0) is 30.3 Å². The van der Waals surface area contributed by atoms with Crippen molar-refractivity contribution in [3.05, 3.63) is 74.2 Å². The van der Waals surface area contributed by atoms with Gasteiger partial charge in [-0.2, -0.15) is 0 Å². The summed E-state index contributed by atoms with van der Waals surface area (Å²) in [5.41, 5.74) is 1.82. The molecule has 0 unspecified atom stereocenters. The lowest BCUT2D eigenvalue weighted by atomic mass is 10.2. The molecule has 0 amide bonds. The second-order valence-corrected chi connectivity index (χ2v) is 7.14. The summed E-state index contributed by atoms with van der Waals surface area (Å²) >= 11 is 19.7. The minimum absolute atomic E-state index is 0.349. The second kappa shape index (κ2) is 8.08. The standard InChI is InChI=1S/C17H13Cl3N2OS/c18-13-3-4-16(12(7-13)9-22-17-21-5-6-24-17)23-10-11-1-2-14(19)8-15(11)20/h1-8H,9-10H2,(H,21,22). The maximum absolute atomic E-state index is 6.18. The molecule has 0 aliphatic heterocycles. The highest BCUT2D eigenvalue weighted by Crippen LogP contribution is 2.27. The van der Waals surface area contributed by atoms with Gasteiger partial charge in [-0.15, -0.1) is 11.3 Å². The van der Waals surface area contributed by atoms with E-state index >= 15 is 0 Å². The van der Waals surface area contributed by atoms with Gasteiger partial charge in [-0.25, -0.2) is 4.98 Å². The van der Waals surface area contributed by atoms with Crippen LogP contribution in [0.2, 0.25) is 15.1 Å². The van der Waals surface area contributed by atoms with Crippen LogP contribution in [-0.4, -0.2) is 4.98 Å². The highest BCUT2D eigenvalue weighted by atomic mass is 35.5. The van der Waals surface area contributed by atoms with Gasteiger partial charge in [0.25, 0.3) is 0 Å². The van der Waals surface area contributed by atoms with Gasteiger partial charge < -0.3 is 10.1 Å². The van der Waals surface area contributed by atoms with Gasteiger partial charge in [-0.1, -0.05) is 40.9 Å². The van der Waals surface area contributed by atoms with Crippen molar-refractivity contribution in [1.29, 1.82) is 0 Å². The SMILES string of the molecule is Clc1ccc(COc2ccc(Cl)cc2CNc2nccs2)c(Cl)c1. The minimum atomic E-state index is 0.349. The van der Waals surface area contributed by atoms with Crippen molar-refractivity contribution in [2.75, 3.05) is 5.32 Å². The Labute approximate surface area is 159 Å². The molecule has 0 saturated carbocycles. The van der Waals surface area contributed by atoms with Gasteiger partial charge in [0.15, 0.2) is 5.13 Å². The zero-order valence-electron chi connectivity index (χ0n) is 12.4. The number of rotatable bonds is 6. The van der Waals surface area contributed by atoms with Crippen LogP contribution in [0.4, 0.5) is 5.13 Å². The molecule has 3 rings (SSSR count). The fourth-order valence-corrected chi connectivity index (χ4v) is 3.29. The molecule has 1 N–H and O–H groups in total. The molecule has 0 spiro atoms. The Morgan fingerprint density at radius 2 is 1.79 bits per heavy atom. The number of benzene rings is 2. The summed E-state index contributed by atoms with van der Waals surface area (Å²) < 4.78 is 5.93. The lowest BCUT2D eigenvalue weighted by Gasteiger charge is -2.13. The number of nitrogens with one attached hydrogen (secondary N) is 1. The Bertz CT molecular complexity index is 825. The monoisotopic (exact) mass is 398 g/mol. The Balaban J connectivity index is 1.72. The zero-order chi connectivity index (χ0) is 16.9. The van der Waals surface area contributed by atoms with Crippen LogP contribution in [0.25, 0.3) is 0 Å². The van der Waals surface area contributed by atoms with Crippen molar-refractivity contribution in [3.63, 3.8) is 0 Å². The van der Waals surface area contributed by atoms with Crippen LogP contribution in [0.15, 0.2) is 48.0 Å². The molecule has 0 fully saturated rings. The maximum Gasteiger partial charge on any atom is 0.182 e. The molecule has 0 aliphatic rings. The van der Waals surface area contributed by atoms with E-state index < -0.39 is 0 Å². The fraction of sp³-hybridized carbons (Fsp3) is 0.118. The lowest BCUT2D eigenvalue weighted by Crippen LogP contribution is -2.04. The Kier molecular flexibility index (Phi) is 5.85. The molecule has 24 heavy (non-hydrogen) atoms. The maximum atomic E-state index is 6.18. The van der Waals surface area contributed by atoms with Gasteiger partial charge in [0, 0.05) is 44.3 Å². The number of aromatic nitrogens is 1. The van der Waals surface area contributed by atoms with Crippen molar-refractivity contribution in [2.24, 2.45) is 0 Å². The molecule has 0 atom stereocenters. The summed E-state index contributed by atoms with van der Waals surface area (Å²) in [6.07, 6.45) is 1.75. The topological polar surface area (TPSA) is 34.1 Å². The Morgan fingerprint density at radius 1 is 1.00 bits per heavy atom. The van der Waals surface area contributed by atoms with E-state index in [2.05, 4.69) is 10.3 Å². The first-order valence-electron chi connectivity index (χ1n) is 7.10. The second-order valence-electron chi connectivity index (χ2n) is 4.97. The molecular weight excluding hydrogens is 387 g/mol. The predicted molar refractivity (Wildman–Crippen MR) is 102 cm³/mol. The number of hydrogen-bond acceptors (Lipinski definition) is 4. The molecule has 124 valence electrons. The number of thiazole rings is 1. The van der Waals surface area contributed by atoms with E-state index in [0.717, 1.165) is 22.0 Å². The molecule has 3 aromatic rings. The van der Waals surface area contributed by atoms with Crippen LogP contribution in [0.5, 0.6) is 5.75 Å². The zero-order valence-corrected chi connectivity index (χ0v) is 15.5.